The highest BCUT2D eigenvalue weighted by Crippen LogP contribution is 2.31. The highest BCUT2D eigenvalue weighted by molar-refractivity contribution is 8.13. The first-order chi connectivity index (χ1) is 16.9. The van der Waals surface area contributed by atoms with Crippen LogP contribution in [0.1, 0.15) is 43.7 Å². The molecular formula is C27H32N2O5S. The minimum atomic E-state index is -0.670. The highest BCUT2D eigenvalue weighted by atomic mass is 32.2. The van der Waals surface area contributed by atoms with E-state index in [-0.39, 0.29) is 35.7 Å². The van der Waals surface area contributed by atoms with Crippen LogP contribution in [0.5, 0.6) is 0 Å². The molecule has 2 atom stereocenters. The van der Waals surface area contributed by atoms with E-state index in [1.54, 1.807) is 9.80 Å². The number of urea groups is 1. The Labute approximate surface area is 210 Å². The van der Waals surface area contributed by atoms with Crippen molar-refractivity contribution in [2.75, 3.05) is 12.9 Å². The molecule has 0 saturated carbocycles. The molecule has 3 rings (SSSR count). The van der Waals surface area contributed by atoms with Crippen LogP contribution in [0.15, 0.2) is 60.7 Å². The first kappa shape index (κ1) is 26.5. The van der Waals surface area contributed by atoms with Crippen LogP contribution in [0.2, 0.25) is 0 Å². The van der Waals surface area contributed by atoms with E-state index in [0.717, 1.165) is 22.9 Å². The standard InChI is InChI=1S/C27H32N2O5S/c1-20(30)35-19-23-26(24(31)15-9-10-16-25(32)34-2)29(18-22-13-7-4-8-14-22)27(33)28(23)17-21-11-5-3-6-12-21/h3-8,11-14,23,26H,9-10,15-19H2,1-2H3. The van der Waals surface area contributed by atoms with Crippen LogP contribution in [0, 0.1) is 0 Å². The molecule has 186 valence electrons. The molecule has 0 spiro atoms. The molecule has 1 aliphatic heterocycles. The Bertz CT molecular complexity index is 1010. The van der Waals surface area contributed by atoms with Crippen molar-refractivity contribution >= 4 is 34.7 Å². The molecule has 0 bridgehead atoms. The number of unbranched alkanes of at least 4 members (excludes halogenated alkanes) is 1. The number of nitrogens with zero attached hydrogens (tertiary/aromatic N) is 2. The number of Topliss-reactive ketones (excluding diaryl/α,β-unsaturated/α-hetero) is 1. The van der Waals surface area contributed by atoms with Gasteiger partial charge in [0, 0.05) is 38.6 Å². The highest BCUT2D eigenvalue weighted by Gasteiger charge is 2.48. The number of thioether (sulfide) groups is 1. The van der Waals surface area contributed by atoms with Crippen molar-refractivity contribution in [2.24, 2.45) is 0 Å². The Morgan fingerprint density at radius 2 is 1.40 bits per heavy atom. The topological polar surface area (TPSA) is 84.0 Å². The number of benzene rings is 2. The van der Waals surface area contributed by atoms with E-state index in [2.05, 4.69) is 4.74 Å². The van der Waals surface area contributed by atoms with Crippen molar-refractivity contribution in [3.8, 4) is 0 Å². The summed E-state index contributed by atoms with van der Waals surface area (Å²) in [6.07, 6.45) is 1.58. The van der Waals surface area contributed by atoms with Gasteiger partial charge in [-0.2, -0.15) is 0 Å². The molecule has 1 heterocycles. The van der Waals surface area contributed by atoms with E-state index < -0.39 is 12.1 Å². The second-order valence-electron chi connectivity index (χ2n) is 8.57. The van der Waals surface area contributed by atoms with Crippen molar-refractivity contribution in [2.45, 2.75) is 57.8 Å². The molecule has 2 aromatic carbocycles. The molecule has 0 radical (unpaired) electrons. The van der Waals surface area contributed by atoms with E-state index in [1.807, 2.05) is 60.7 Å². The van der Waals surface area contributed by atoms with Crippen LogP contribution in [0.25, 0.3) is 0 Å². The molecule has 1 aliphatic rings. The summed E-state index contributed by atoms with van der Waals surface area (Å²) in [6, 6.07) is 17.9. The summed E-state index contributed by atoms with van der Waals surface area (Å²) in [7, 11) is 1.34. The van der Waals surface area contributed by atoms with E-state index in [0.29, 0.717) is 31.7 Å². The second-order valence-corrected chi connectivity index (χ2v) is 9.77. The molecule has 1 fully saturated rings. The third-order valence-electron chi connectivity index (χ3n) is 6.05. The van der Waals surface area contributed by atoms with Gasteiger partial charge in [0.25, 0.3) is 0 Å². The zero-order valence-corrected chi connectivity index (χ0v) is 21.0. The summed E-state index contributed by atoms with van der Waals surface area (Å²) < 4.78 is 4.68. The van der Waals surface area contributed by atoms with E-state index in [1.165, 1.54) is 14.0 Å². The van der Waals surface area contributed by atoms with Crippen molar-refractivity contribution in [3.05, 3.63) is 71.8 Å². The fourth-order valence-electron chi connectivity index (χ4n) is 4.31. The normalized spacial score (nSPS) is 17.5. The fourth-order valence-corrected chi connectivity index (χ4v) is 5.07. The third kappa shape index (κ3) is 7.42. The number of esters is 1. The lowest BCUT2D eigenvalue weighted by molar-refractivity contribution is -0.140. The van der Waals surface area contributed by atoms with Gasteiger partial charge >= 0.3 is 12.0 Å². The largest absolute Gasteiger partial charge is 0.469 e. The van der Waals surface area contributed by atoms with Gasteiger partial charge in [-0.05, 0) is 24.0 Å². The van der Waals surface area contributed by atoms with Gasteiger partial charge in [0.15, 0.2) is 10.9 Å². The number of hydrogen-bond donors (Lipinski definition) is 0. The van der Waals surface area contributed by atoms with Gasteiger partial charge < -0.3 is 14.5 Å². The molecular weight excluding hydrogens is 464 g/mol. The molecule has 1 saturated heterocycles. The minimum absolute atomic E-state index is 0.0520. The minimum Gasteiger partial charge on any atom is -0.469 e. The molecule has 8 heteroatoms. The summed E-state index contributed by atoms with van der Waals surface area (Å²) in [5, 5.41) is -0.0529. The van der Waals surface area contributed by atoms with Crippen molar-refractivity contribution < 1.29 is 23.9 Å². The molecule has 35 heavy (non-hydrogen) atoms. The Kier molecular flexibility index (Phi) is 9.90. The smallest absolute Gasteiger partial charge is 0.321 e. The zero-order valence-electron chi connectivity index (χ0n) is 20.2. The van der Waals surface area contributed by atoms with Crippen LogP contribution in [-0.4, -0.2) is 57.6 Å². The Morgan fingerprint density at radius 3 is 1.94 bits per heavy atom. The number of amides is 2. The number of ketones is 1. The first-order valence-electron chi connectivity index (χ1n) is 11.8. The van der Waals surface area contributed by atoms with Gasteiger partial charge in [-0.15, -0.1) is 0 Å². The Morgan fingerprint density at radius 1 is 0.857 bits per heavy atom. The van der Waals surface area contributed by atoms with E-state index in [4.69, 9.17) is 0 Å². The molecule has 7 nitrogen and oxygen atoms in total. The average Bonchev–Trinajstić information content (AvgIpc) is 3.11. The van der Waals surface area contributed by atoms with Crippen molar-refractivity contribution in [1.82, 2.24) is 9.80 Å². The SMILES string of the molecule is COC(=O)CCCCC(=O)C1C(CSC(C)=O)N(Cc2ccccc2)C(=O)N1Cc1ccccc1. The van der Waals surface area contributed by atoms with Gasteiger partial charge in [-0.25, -0.2) is 4.79 Å². The van der Waals surface area contributed by atoms with Crippen LogP contribution in [0.4, 0.5) is 4.79 Å². The van der Waals surface area contributed by atoms with Gasteiger partial charge in [-0.3, -0.25) is 14.4 Å². The van der Waals surface area contributed by atoms with Crippen LogP contribution in [0.3, 0.4) is 0 Å². The van der Waals surface area contributed by atoms with Crippen LogP contribution < -0.4 is 0 Å². The zero-order chi connectivity index (χ0) is 25.2. The molecule has 0 N–H and O–H groups in total. The summed E-state index contributed by atoms with van der Waals surface area (Å²) >= 11 is 1.14. The van der Waals surface area contributed by atoms with Crippen LogP contribution in [-0.2, 0) is 32.2 Å². The Hall–Kier alpha value is -3.13. The van der Waals surface area contributed by atoms with Crippen LogP contribution >= 0.6 is 11.8 Å². The number of ether oxygens (including phenoxy) is 1. The lowest BCUT2D eigenvalue weighted by Gasteiger charge is -2.27. The van der Waals surface area contributed by atoms with Gasteiger partial charge in [0.05, 0.1) is 13.2 Å². The van der Waals surface area contributed by atoms with Crippen molar-refractivity contribution in [1.29, 1.82) is 0 Å². The molecule has 2 aromatic rings. The van der Waals surface area contributed by atoms with Gasteiger partial charge in [0.2, 0.25) is 0 Å². The lowest BCUT2D eigenvalue weighted by Crippen LogP contribution is -2.44. The Balaban J connectivity index is 1.86. The number of carbonyl (C=O) groups is 4. The monoisotopic (exact) mass is 496 g/mol. The number of rotatable bonds is 12. The van der Waals surface area contributed by atoms with E-state index >= 15 is 0 Å². The first-order valence-corrected chi connectivity index (χ1v) is 12.8. The summed E-state index contributed by atoms with van der Waals surface area (Å²) in [6.45, 7) is 2.17. The summed E-state index contributed by atoms with van der Waals surface area (Å²) in [4.78, 5) is 53.8. The van der Waals surface area contributed by atoms with E-state index in [9.17, 15) is 19.2 Å². The molecule has 2 unspecified atom stereocenters. The summed E-state index contributed by atoms with van der Waals surface area (Å²) in [5.74, 6) is -0.00886. The maximum atomic E-state index is 13.7. The van der Waals surface area contributed by atoms with Gasteiger partial charge in [0.1, 0.15) is 6.04 Å². The molecule has 0 aliphatic carbocycles. The van der Waals surface area contributed by atoms with Gasteiger partial charge in [-0.1, -0.05) is 72.4 Å². The second kappa shape index (κ2) is 13.1. The quantitative estimate of drug-likeness (QED) is 0.319. The third-order valence-corrected chi connectivity index (χ3v) is 6.97. The average molecular weight is 497 g/mol. The molecule has 2 amide bonds. The fraction of sp³-hybridized carbons (Fsp3) is 0.407. The predicted molar refractivity (Wildman–Crippen MR) is 136 cm³/mol. The number of carbonyl (C=O) groups excluding carboxylic acids is 4. The van der Waals surface area contributed by atoms with Crippen molar-refractivity contribution in [3.63, 3.8) is 0 Å². The lowest BCUT2D eigenvalue weighted by atomic mass is 9.99. The number of hydrogen-bond acceptors (Lipinski definition) is 6. The molecule has 0 aromatic heterocycles. The summed E-state index contributed by atoms with van der Waals surface area (Å²) in [5.41, 5.74) is 1.90. The maximum absolute atomic E-state index is 13.7. The number of methoxy groups -OCH3 is 1. The maximum Gasteiger partial charge on any atom is 0.321 e. The predicted octanol–water partition coefficient (Wildman–Crippen LogP) is 4.44.